The maximum Gasteiger partial charge on any atom is 0.250 e. The number of rotatable bonds is 1. The van der Waals surface area contributed by atoms with E-state index in [0.29, 0.717) is 51.9 Å². The topological polar surface area (TPSA) is 88.1 Å². The zero-order valence-corrected chi connectivity index (χ0v) is 17.4. The molecule has 0 bridgehead atoms. The molecule has 3 aliphatic rings. The Morgan fingerprint density at radius 2 is 1.90 bits per heavy atom. The van der Waals surface area contributed by atoms with Crippen LogP contribution < -0.4 is 16.0 Å². The van der Waals surface area contributed by atoms with Gasteiger partial charge in [0.1, 0.15) is 11.2 Å². The predicted molar refractivity (Wildman–Crippen MR) is 117 cm³/mol. The molecule has 31 heavy (non-hydrogen) atoms. The predicted octanol–water partition coefficient (Wildman–Crippen LogP) is 3.27. The van der Waals surface area contributed by atoms with Crippen LogP contribution in [0.2, 0.25) is 5.02 Å². The van der Waals surface area contributed by atoms with E-state index in [-0.39, 0.29) is 11.8 Å². The summed E-state index contributed by atoms with van der Waals surface area (Å²) in [6.07, 6.45) is 0.595. The van der Waals surface area contributed by atoms with Gasteiger partial charge in [0, 0.05) is 40.5 Å². The number of benzene rings is 2. The molecule has 154 valence electrons. The van der Waals surface area contributed by atoms with E-state index in [0.717, 1.165) is 11.4 Å². The largest absolute Gasteiger partial charge is 0.352 e. The molecule has 0 aliphatic carbocycles. The highest BCUT2D eigenvalue weighted by molar-refractivity contribution is 6.31. The average molecular weight is 432 g/mol. The third-order valence-corrected chi connectivity index (χ3v) is 6.48. The molecule has 1 unspecified atom stereocenters. The maximum atomic E-state index is 13.7. The molecule has 7 nitrogen and oxygen atoms in total. The monoisotopic (exact) mass is 431 g/mol. The van der Waals surface area contributed by atoms with Gasteiger partial charge in [-0.05, 0) is 31.2 Å². The SMILES string of the molecule is Cc1nn(-c2ccccc2)c2c1C1(C(=O)Nc3cc(Cl)ccc31)C1=C(CCNC1=O)N2. The highest BCUT2D eigenvalue weighted by Crippen LogP contribution is 2.55. The molecule has 2 aromatic carbocycles. The zero-order chi connectivity index (χ0) is 21.3. The highest BCUT2D eigenvalue weighted by Gasteiger charge is 2.59. The van der Waals surface area contributed by atoms with Crippen molar-refractivity contribution < 1.29 is 9.59 Å². The normalized spacial score (nSPS) is 21.2. The van der Waals surface area contributed by atoms with Gasteiger partial charge in [-0.25, -0.2) is 4.68 Å². The first-order valence-electron chi connectivity index (χ1n) is 10.1. The number of aryl methyl sites for hydroxylation is 1. The number of carbonyl (C=O) groups excluding carboxylic acids is 2. The summed E-state index contributed by atoms with van der Waals surface area (Å²) >= 11 is 6.21. The summed E-state index contributed by atoms with van der Waals surface area (Å²) < 4.78 is 1.81. The number of hydrogen-bond acceptors (Lipinski definition) is 4. The number of amides is 2. The first-order valence-corrected chi connectivity index (χ1v) is 10.5. The first-order chi connectivity index (χ1) is 15.0. The van der Waals surface area contributed by atoms with E-state index in [1.807, 2.05) is 48.0 Å². The van der Waals surface area contributed by atoms with E-state index >= 15 is 0 Å². The molecular formula is C23H18ClN5O2. The molecular weight excluding hydrogens is 414 g/mol. The van der Waals surface area contributed by atoms with Crippen LogP contribution >= 0.6 is 11.6 Å². The Labute approximate surface area is 183 Å². The van der Waals surface area contributed by atoms with E-state index in [1.165, 1.54) is 0 Å². The van der Waals surface area contributed by atoms with E-state index in [4.69, 9.17) is 16.7 Å². The van der Waals surface area contributed by atoms with Crippen LogP contribution in [-0.2, 0) is 15.0 Å². The molecule has 4 heterocycles. The Morgan fingerprint density at radius 1 is 1.10 bits per heavy atom. The van der Waals surface area contributed by atoms with Crippen LogP contribution in [0.5, 0.6) is 0 Å². The number of carbonyl (C=O) groups is 2. The van der Waals surface area contributed by atoms with Crippen LogP contribution in [0.4, 0.5) is 11.5 Å². The molecule has 1 spiro atoms. The highest BCUT2D eigenvalue weighted by atomic mass is 35.5. The summed E-state index contributed by atoms with van der Waals surface area (Å²) in [6.45, 7) is 2.37. The number of nitrogens with one attached hydrogen (secondary N) is 3. The van der Waals surface area contributed by atoms with Gasteiger partial charge in [0.05, 0.1) is 17.0 Å². The maximum absolute atomic E-state index is 13.7. The summed E-state index contributed by atoms with van der Waals surface area (Å²) in [6, 6.07) is 15.0. The van der Waals surface area contributed by atoms with Crippen molar-refractivity contribution >= 4 is 34.9 Å². The summed E-state index contributed by atoms with van der Waals surface area (Å²) in [5.74, 6) is 0.187. The van der Waals surface area contributed by atoms with E-state index in [1.54, 1.807) is 12.1 Å². The van der Waals surface area contributed by atoms with Crippen LogP contribution in [0.15, 0.2) is 59.8 Å². The second-order valence-electron chi connectivity index (χ2n) is 7.93. The van der Waals surface area contributed by atoms with Crippen molar-refractivity contribution in [2.45, 2.75) is 18.8 Å². The van der Waals surface area contributed by atoms with Crippen molar-refractivity contribution in [3.63, 3.8) is 0 Å². The van der Waals surface area contributed by atoms with Crippen molar-refractivity contribution in [3.8, 4) is 5.69 Å². The lowest BCUT2D eigenvalue weighted by molar-refractivity contribution is -0.123. The van der Waals surface area contributed by atoms with Crippen molar-refractivity contribution in [3.05, 3.63) is 81.6 Å². The Balaban J connectivity index is 1.73. The first kappa shape index (κ1) is 18.2. The standard InChI is InChI=1S/C23H18ClN5O2/c1-12-18-20(29(28-12)14-5-3-2-4-6-14)26-16-9-10-25-21(30)19(16)23(18)15-8-7-13(24)11-17(15)27-22(23)31/h2-8,11,26H,9-10H2,1H3,(H,25,30)(H,27,31). The fourth-order valence-electron chi connectivity index (χ4n) is 5.07. The zero-order valence-electron chi connectivity index (χ0n) is 16.6. The van der Waals surface area contributed by atoms with Crippen LogP contribution in [0.25, 0.3) is 5.69 Å². The molecule has 0 radical (unpaired) electrons. The minimum Gasteiger partial charge on any atom is -0.352 e. The molecule has 0 saturated heterocycles. The number of halogens is 1. The second-order valence-corrected chi connectivity index (χ2v) is 8.37. The van der Waals surface area contributed by atoms with Gasteiger partial charge < -0.3 is 16.0 Å². The fraction of sp³-hybridized carbons (Fsp3) is 0.174. The molecule has 3 aliphatic heterocycles. The quantitative estimate of drug-likeness (QED) is 0.551. The van der Waals surface area contributed by atoms with Gasteiger partial charge in [-0.3, -0.25) is 9.59 Å². The van der Waals surface area contributed by atoms with Crippen LogP contribution in [0.3, 0.4) is 0 Å². The number of para-hydroxylation sites is 1. The molecule has 0 saturated carbocycles. The van der Waals surface area contributed by atoms with Gasteiger partial charge in [-0.15, -0.1) is 0 Å². The summed E-state index contributed by atoms with van der Waals surface area (Å²) in [5.41, 5.74) is 3.44. The Kier molecular flexibility index (Phi) is 3.65. The van der Waals surface area contributed by atoms with Crippen LogP contribution in [0, 0.1) is 6.92 Å². The van der Waals surface area contributed by atoms with Gasteiger partial charge in [0.15, 0.2) is 0 Å². The molecule has 3 N–H and O–H groups in total. The molecule has 8 heteroatoms. The lowest BCUT2D eigenvalue weighted by atomic mass is 9.66. The number of nitrogens with zero attached hydrogens (tertiary/aromatic N) is 2. The summed E-state index contributed by atoms with van der Waals surface area (Å²) in [7, 11) is 0. The van der Waals surface area contributed by atoms with Crippen molar-refractivity contribution in [1.29, 1.82) is 0 Å². The molecule has 3 aromatic rings. The summed E-state index contributed by atoms with van der Waals surface area (Å²) in [5, 5.41) is 14.6. The van der Waals surface area contributed by atoms with Gasteiger partial charge >= 0.3 is 0 Å². The number of hydrogen-bond donors (Lipinski definition) is 3. The van der Waals surface area contributed by atoms with Crippen LogP contribution in [-0.4, -0.2) is 28.1 Å². The van der Waals surface area contributed by atoms with E-state index in [9.17, 15) is 9.59 Å². The summed E-state index contributed by atoms with van der Waals surface area (Å²) in [4.78, 5) is 26.9. The van der Waals surface area contributed by atoms with Crippen LogP contribution in [0.1, 0.15) is 23.2 Å². The molecule has 1 atom stereocenters. The number of aromatic nitrogens is 2. The van der Waals surface area contributed by atoms with Gasteiger partial charge in [0.2, 0.25) is 5.91 Å². The fourth-order valence-corrected chi connectivity index (χ4v) is 5.24. The van der Waals surface area contributed by atoms with Gasteiger partial charge in [-0.1, -0.05) is 35.9 Å². The molecule has 0 fully saturated rings. The minimum absolute atomic E-state index is 0.246. The number of anilines is 2. The lowest BCUT2D eigenvalue weighted by Crippen LogP contribution is -2.50. The van der Waals surface area contributed by atoms with Gasteiger partial charge in [-0.2, -0.15) is 5.10 Å². The lowest BCUT2D eigenvalue weighted by Gasteiger charge is -2.38. The third kappa shape index (κ3) is 2.26. The minimum atomic E-state index is -1.29. The Bertz CT molecular complexity index is 1330. The van der Waals surface area contributed by atoms with E-state index < -0.39 is 5.41 Å². The molecule has 2 amide bonds. The van der Waals surface area contributed by atoms with Gasteiger partial charge in [0.25, 0.3) is 5.91 Å². The Hall–Kier alpha value is -3.58. The van der Waals surface area contributed by atoms with Crippen molar-refractivity contribution in [1.82, 2.24) is 15.1 Å². The van der Waals surface area contributed by atoms with E-state index in [2.05, 4.69) is 16.0 Å². The van der Waals surface area contributed by atoms with Crippen molar-refractivity contribution in [2.24, 2.45) is 0 Å². The molecule has 6 rings (SSSR count). The third-order valence-electron chi connectivity index (χ3n) is 6.24. The second kappa shape index (κ2) is 6.21. The van der Waals surface area contributed by atoms with Crippen molar-refractivity contribution in [2.75, 3.05) is 17.2 Å². The Morgan fingerprint density at radius 3 is 2.71 bits per heavy atom. The number of fused-ring (bicyclic) bond motifs is 5. The smallest absolute Gasteiger partial charge is 0.250 e. The molecule has 1 aromatic heterocycles. The average Bonchev–Trinajstić information content (AvgIpc) is 3.23.